The number of ether oxygens (including phenoxy) is 3. The van der Waals surface area contributed by atoms with Crippen LogP contribution in [0.4, 0.5) is 16.2 Å². The number of nitrogens with one attached hydrogen (secondary N) is 1. The molecule has 1 unspecified atom stereocenters. The number of amides is 1. The summed E-state index contributed by atoms with van der Waals surface area (Å²) in [6, 6.07) is 15.6. The summed E-state index contributed by atoms with van der Waals surface area (Å²) >= 11 is 0. The molecule has 0 aliphatic carbocycles. The second kappa shape index (κ2) is 9.73. The van der Waals surface area contributed by atoms with E-state index in [1.165, 1.54) is 7.11 Å². The van der Waals surface area contributed by atoms with Gasteiger partial charge in [-0.15, -0.1) is 0 Å². The molecule has 166 valence electrons. The Labute approximate surface area is 183 Å². The Morgan fingerprint density at radius 1 is 1.16 bits per heavy atom. The van der Waals surface area contributed by atoms with Crippen molar-refractivity contribution in [2.45, 2.75) is 51.9 Å². The Morgan fingerprint density at radius 3 is 2.58 bits per heavy atom. The van der Waals surface area contributed by atoms with Crippen LogP contribution in [0, 0.1) is 0 Å². The number of fused-ring (bicyclic) bond motifs is 1. The van der Waals surface area contributed by atoms with Crippen LogP contribution in [0.25, 0.3) is 0 Å². The summed E-state index contributed by atoms with van der Waals surface area (Å²) in [6.45, 7) is 6.77. The molecule has 31 heavy (non-hydrogen) atoms. The molecule has 0 saturated heterocycles. The van der Waals surface area contributed by atoms with E-state index in [1.807, 2.05) is 51.1 Å². The maximum absolute atomic E-state index is 12.2. The lowest BCUT2D eigenvalue weighted by atomic mass is 10.1. The fourth-order valence-corrected chi connectivity index (χ4v) is 3.41. The number of hydrogen-bond donors (Lipinski definition) is 1. The summed E-state index contributed by atoms with van der Waals surface area (Å²) in [6.07, 6.45) is 0.221. The third-order valence-electron chi connectivity index (χ3n) is 4.78. The van der Waals surface area contributed by atoms with E-state index in [2.05, 4.69) is 22.3 Å². The van der Waals surface area contributed by atoms with E-state index >= 15 is 0 Å². The molecule has 1 N–H and O–H groups in total. The number of carbonyl (C=O) groups excluding carboxylic acids is 2. The van der Waals surface area contributed by atoms with E-state index in [0.717, 1.165) is 11.3 Å². The molecular formula is C24H30N2O5. The first-order valence-corrected chi connectivity index (χ1v) is 10.4. The van der Waals surface area contributed by atoms with Gasteiger partial charge in [-0.05, 0) is 51.0 Å². The smallest absolute Gasteiger partial charge is 0.412 e. The first kappa shape index (κ1) is 22.5. The summed E-state index contributed by atoms with van der Waals surface area (Å²) in [7, 11) is 1.39. The summed E-state index contributed by atoms with van der Waals surface area (Å²) in [5.41, 5.74) is 2.09. The van der Waals surface area contributed by atoms with E-state index in [-0.39, 0.29) is 12.1 Å². The molecule has 0 spiro atoms. The number of esters is 1. The Balaban J connectivity index is 1.80. The summed E-state index contributed by atoms with van der Waals surface area (Å²) < 4.78 is 16.3. The zero-order chi connectivity index (χ0) is 22.4. The van der Waals surface area contributed by atoms with Crippen molar-refractivity contribution in [3.63, 3.8) is 0 Å². The van der Waals surface area contributed by atoms with Crippen LogP contribution < -0.4 is 15.0 Å². The quantitative estimate of drug-likeness (QED) is 0.672. The molecular weight excluding hydrogens is 396 g/mol. The van der Waals surface area contributed by atoms with Crippen LogP contribution in [-0.2, 0) is 20.8 Å². The average Bonchev–Trinajstić information content (AvgIpc) is 2.71. The van der Waals surface area contributed by atoms with Crippen LogP contribution in [0.3, 0.4) is 0 Å². The Hall–Kier alpha value is -3.22. The highest BCUT2D eigenvalue weighted by Crippen LogP contribution is 2.37. The lowest BCUT2D eigenvalue weighted by Crippen LogP contribution is -2.40. The highest BCUT2D eigenvalue weighted by molar-refractivity contribution is 5.86. The van der Waals surface area contributed by atoms with Gasteiger partial charge in [-0.3, -0.25) is 10.1 Å². The van der Waals surface area contributed by atoms with Gasteiger partial charge in [-0.25, -0.2) is 4.79 Å². The molecule has 0 aromatic heterocycles. The topological polar surface area (TPSA) is 77.1 Å². The van der Waals surface area contributed by atoms with Gasteiger partial charge in [0, 0.05) is 18.7 Å². The van der Waals surface area contributed by atoms with Crippen molar-refractivity contribution in [2.24, 2.45) is 0 Å². The summed E-state index contributed by atoms with van der Waals surface area (Å²) in [5.74, 6) is 0.465. The van der Waals surface area contributed by atoms with Crippen LogP contribution in [0.5, 0.6) is 5.75 Å². The van der Waals surface area contributed by atoms with Crippen molar-refractivity contribution in [3.8, 4) is 5.75 Å². The summed E-state index contributed by atoms with van der Waals surface area (Å²) in [5, 5.41) is 2.79. The van der Waals surface area contributed by atoms with Crippen LogP contribution in [-0.4, -0.2) is 37.4 Å². The predicted molar refractivity (Wildman–Crippen MR) is 119 cm³/mol. The number of methoxy groups -OCH3 is 1. The SMILES string of the molecule is COC(=O)CCC1CN(Cc2ccccc2)c2cc(NC(=O)OC(C)(C)C)ccc2O1. The molecule has 1 atom stereocenters. The summed E-state index contributed by atoms with van der Waals surface area (Å²) in [4.78, 5) is 26.0. The molecule has 0 saturated carbocycles. The van der Waals surface area contributed by atoms with Gasteiger partial charge in [0.1, 0.15) is 17.5 Å². The highest BCUT2D eigenvalue weighted by atomic mass is 16.6. The van der Waals surface area contributed by atoms with Crippen LogP contribution >= 0.6 is 0 Å². The molecule has 0 bridgehead atoms. The van der Waals surface area contributed by atoms with Crippen LogP contribution in [0.1, 0.15) is 39.2 Å². The fraction of sp³-hybridized carbons (Fsp3) is 0.417. The average molecular weight is 427 g/mol. The molecule has 1 heterocycles. The molecule has 7 nitrogen and oxygen atoms in total. The van der Waals surface area contributed by atoms with Gasteiger partial charge >= 0.3 is 12.1 Å². The Bertz CT molecular complexity index is 908. The molecule has 2 aromatic rings. The maximum atomic E-state index is 12.2. The van der Waals surface area contributed by atoms with Crippen molar-refractivity contribution in [1.29, 1.82) is 0 Å². The minimum Gasteiger partial charge on any atom is -0.486 e. The van der Waals surface area contributed by atoms with Crippen molar-refractivity contribution >= 4 is 23.4 Å². The van der Waals surface area contributed by atoms with E-state index < -0.39 is 11.7 Å². The predicted octanol–water partition coefficient (Wildman–Crippen LogP) is 4.75. The highest BCUT2D eigenvalue weighted by Gasteiger charge is 2.27. The van der Waals surface area contributed by atoms with Crippen molar-refractivity contribution in [3.05, 3.63) is 54.1 Å². The van der Waals surface area contributed by atoms with Crippen molar-refractivity contribution < 1.29 is 23.8 Å². The van der Waals surface area contributed by atoms with Crippen LogP contribution in [0.15, 0.2) is 48.5 Å². The van der Waals surface area contributed by atoms with Gasteiger partial charge in [0.2, 0.25) is 0 Å². The number of carbonyl (C=O) groups is 2. The second-order valence-corrected chi connectivity index (χ2v) is 8.53. The molecule has 1 aliphatic rings. The lowest BCUT2D eigenvalue weighted by Gasteiger charge is -2.36. The minimum absolute atomic E-state index is 0.139. The van der Waals surface area contributed by atoms with Gasteiger partial charge in [-0.2, -0.15) is 0 Å². The van der Waals surface area contributed by atoms with Crippen LogP contribution in [0.2, 0.25) is 0 Å². The third kappa shape index (κ3) is 6.64. The molecule has 2 aromatic carbocycles. The normalized spacial score (nSPS) is 15.5. The number of hydrogen-bond acceptors (Lipinski definition) is 6. The minimum atomic E-state index is -0.576. The molecule has 0 radical (unpaired) electrons. The number of benzene rings is 2. The second-order valence-electron chi connectivity index (χ2n) is 8.53. The Kier molecular flexibility index (Phi) is 7.05. The molecule has 3 rings (SSSR count). The Morgan fingerprint density at radius 2 is 1.90 bits per heavy atom. The zero-order valence-electron chi connectivity index (χ0n) is 18.5. The number of anilines is 2. The fourth-order valence-electron chi connectivity index (χ4n) is 3.41. The molecule has 1 amide bonds. The van der Waals surface area contributed by atoms with Gasteiger partial charge in [-0.1, -0.05) is 30.3 Å². The van der Waals surface area contributed by atoms with E-state index in [1.54, 1.807) is 6.07 Å². The largest absolute Gasteiger partial charge is 0.486 e. The van der Waals surface area contributed by atoms with E-state index in [0.29, 0.717) is 37.4 Å². The van der Waals surface area contributed by atoms with E-state index in [4.69, 9.17) is 14.2 Å². The van der Waals surface area contributed by atoms with Crippen molar-refractivity contribution in [1.82, 2.24) is 0 Å². The lowest BCUT2D eigenvalue weighted by molar-refractivity contribution is -0.141. The zero-order valence-corrected chi connectivity index (χ0v) is 18.5. The standard InChI is InChI=1S/C24H30N2O5/c1-24(2,3)31-23(28)25-18-10-12-21-20(14-18)26(15-17-8-6-5-7-9-17)16-19(30-21)11-13-22(27)29-4/h5-10,12,14,19H,11,13,15-16H2,1-4H3,(H,25,28). The maximum Gasteiger partial charge on any atom is 0.412 e. The van der Waals surface area contributed by atoms with Gasteiger partial charge in [0.05, 0.1) is 19.3 Å². The van der Waals surface area contributed by atoms with Gasteiger partial charge < -0.3 is 19.1 Å². The first-order chi connectivity index (χ1) is 14.7. The van der Waals surface area contributed by atoms with E-state index in [9.17, 15) is 9.59 Å². The monoisotopic (exact) mass is 426 g/mol. The molecule has 7 heteroatoms. The van der Waals surface area contributed by atoms with Gasteiger partial charge in [0.15, 0.2) is 0 Å². The van der Waals surface area contributed by atoms with Gasteiger partial charge in [0.25, 0.3) is 0 Å². The third-order valence-corrected chi connectivity index (χ3v) is 4.78. The van der Waals surface area contributed by atoms with Crippen molar-refractivity contribution in [2.75, 3.05) is 23.9 Å². The molecule has 0 fully saturated rings. The molecule has 1 aliphatic heterocycles. The number of nitrogens with zero attached hydrogens (tertiary/aromatic N) is 1. The first-order valence-electron chi connectivity index (χ1n) is 10.4. The number of rotatable bonds is 6.